The lowest BCUT2D eigenvalue weighted by Gasteiger charge is -2.22. The summed E-state index contributed by atoms with van der Waals surface area (Å²) < 4.78 is 11.6. The fraction of sp³-hybridized carbons (Fsp3) is 0.462. The van der Waals surface area contributed by atoms with E-state index in [2.05, 4.69) is 5.32 Å². The Labute approximate surface area is 118 Å². The number of benzene rings is 1. The number of nitrogens with one attached hydrogen (secondary N) is 1. The Bertz CT molecular complexity index is 486. The molecule has 5 N–H and O–H groups in total. The van der Waals surface area contributed by atoms with Crippen LogP contribution in [0.5, 0.6) is 0 Å². The van der Waals surface area contributed by atoms with Crippen molar-refractivity contribution in [3.63, 3.8) is 0 Å². The SMILES string of the molecule is CC(C)C[C@H](N)C(=O)NC(c1ccccc1)P(=O)(O)O. The van der Waals surface area contributed by atoms with E-state index in [1.54, 1.807) is 30.3 Å². The van der Waals surface area contributed by atoms with Gasteiger partial charge in [0.1, 0.15) is 0 Å². The zero-order valence-corrected chi connectivity index (χ0v) is 12.5. The van der Waals surface area contributed by atoms with Crippen LogP contribution in [-0.2, 0) is 9.36 Å². The van der Waals surface area contributed by atoms with Crippen LogP contribution in [0.3, 0.4) is 0 Å². The molecule has 0 radical (unpaired) electrons. The van der Waals surface area contributed by atoms with Gasteiger partial charge in [-0.05, 0) is 17.9 Å². The maximum absolute atomic E-state index is 11.9. The van der Waals surface area contributed by atoms with Crippen LogP contribution in [0.15, 0.2) is 30.3 Å². The Morgan fingerprint density at radius 3 is 2.30 bits per heavy atom. The third kappa shape index (κ3) is 5.06. The van der Waals surface area contributed by atoms with Crippen molar-refractivity contribution < 1.29 is 19.1 Å². The minimum atomic E-state index is -4.51. The van der Waals surface area contributed by atoms with Crippen molar-refractivity contribution in [1.82, 2.24) is 5.32 Å². The van der Waals surface area contributed by atoms with Crippen LogP contribution < -0.4 is 11.1 Å². The molecule has 1 rings (SSSR count). The third-order valence-electron chi connectivity index (χ3n) is 2.79. The predicted molar refractivity (Wildman–Crippen MR) is 76.8 cm³/mol. The number of nitrogens with two attached hydrogens (primary N) is 1. The minimum absolute atomic E-state index is 0.223. The lowest BCUT2D eigenvalue weighted by Crippen LogP contribution is -2.42. The van der Waals surface area contributed by atoms with Crippen molar-refractivity contribution >= 4 is 13.5 Å². The molecule has 0 aromatic heterocycles. The largest absolute Gasteiger partial charge is 0.352 e. The van der Waals surface area contributed by atoms with Crippen LogP contribution in [0, 0.1) is 5.92 Å². The van der Waals surface area contributed by atoms with Crippen LogP contribution in [0.2, 0.25) is 0 Å². The second-order valence-electron chi connectivity index (χ2n) is 5.15. The number of carbonyl (C=O) groups excluding carboxylic acids is 1. The molecule has 0 fully saturated rings. The first kappa shape index (κ1) is 16.9. The first-order chi connectivity index (χ1) is 9.21. The van der Waals surface area contributed by atoms with E-state index in [9.17, 15) is 19.1 Å². The molecule has 0 bridgehead atoms. The van der Waals surface area contributed by atoms with Gasteiger partial charge in [0.15, 0.2) is 5.78 Å². The number of rotatable bonds is 6. The lowest BCUT2D eigenvalue weighted by atomic mass is 10.0. The highest BCUT2D eigenvalue weighted by Crippen LogP contribution is 2.49. The van der Waals surface area contributed by atoms with Gasteiger partial charge in [0.2, 0.25) is 5.91 Å². The molecular weight excluding hydrogens is 279 g/mol. The van der Waals surface area contributed by atoms with E-state index < -0.39 is 25.3 Å². The van der Waals surface area contributed by atoms with Crippen molar-refractivity contribution in [1.29, 1.82) is 0 Å². The second kappa shape index (κ2) is 6.99. The van der Waals surface area contributed by atoms with Gasteiger partial charge in [0, 0.05) is 0 Å². The first-order valence-corrected chi connectivity index (χ1v) is 8.06. The normalized spacial score (nSPS) is 14.9. The number of hydrogen-bond donors (Lipinski definition) is 4. The van der Waals surface area contributed by atoms with Gasteiger partial charge in [0.05, 0.1) is 6.04 Å². The number of hydrogen-bond acceptors (Lipinski definition) is 3. The highest BCUT2D eigenvalue weighted by atomic mass is 31.2. The molecule has 0 heterocycles. The highest BCUT2D eigenvalue weighted by Gasteiger charge is 2.33. The molecule has 2 atom stereocenters. The second-order valence-corrected chi connectivity index (χ2v) is 6.84. The fourth-order valence-electron chi connectivity index (χ4n) is 1.85. The molecule has 0 aliphatic rings. The van der Waals surface area contributed by atoms with Gasteiger partial charge >= 0.3 is 7.60 Å². The van der Waals surface area contributed by atoms with E-state index in [4.69, 9.17) is 5.73 Å². The Balaban J connectivity index is 2.88. The molecule has 112 valence electrons. The molecule has 1 aromatic carbocycles. The maximum atomic E-state index is 11.9. The maximum Gasteiger partial charge on any atom is 0.352 e. The van der Waals surface area contributed by atoms with Crippen molar-refractivity contribution in [2.75, 3.05) is 0 Å². The van der Waals surface area contributed by atoms with E-state index in [0.29, 0.717) is 12.0 Å². The molecule has 0 spiro atoms. The van der Waals surface area contributed by atoms with Crippen molar-refractivity contribution in [3.8, 4) is 0 Å². The summed E-state index contributed by atoms with van der Waals surface area (Å²) in [6.45, 7) is 3.84. The summed E-state index contributed by atoms with van der Waals surface area (Å²) >= 11 is 0. The first-order valence-electron chi connectivity index (χ1n) is 6.38. The summed E-state index contributed by atoms with van der Waals surface area (Å²) in [5.41, 5.74) is 6.08. The standard InChI is InChI=1S/C13H21N2O4P/c1-9(2)8-11(14)12(16)15-13(20(17,18)19)10-6-4-3-5-7-10/h3-7,9,11,13H,8,14H2,1-2H3,(H,15,16)(H2,17,18,19)/t11-,13?/m0/s1. The van der Waals surface area contributed by atoms with E-state index in [-0.39, 0.29) is 5.92 Å². The van der Waals surface area contributed by atoms with Gasteiger partial charge < -0.3 is 20.8 Å². The fourth-order valence-corrected chi connectivity index (χ4v) is 2.71. The molecule has 7 heteroatoms. The number of carbonyl (C=O) groups is 1. The zero-order chi connectivity index (χ0) is 15.3. The van der Waals surface area contributed by atoms with E-state index in [1.807, 2.05) is 13.8 Å². The molecule has 0 aliphatic carbocycles. The molecule has 0 saturated heterocycles. The van der Waals surface area contributed by atoms with Crippen molar-refractivity contribution in [2.45, 2.75) is 32.1 Å². The third-order valence-corrected chi connectivity index (χ3v) is 3.89. The quantitative estimate of drug-likeness (QED) is 0.592. The molecular formula is C13H21N2O4P. The van der Waals surface area contributed by atoms with Crippen molar-refractivity contribution in [3.05, 3.63) is 35.9 Å². The zero-order valence-electron chi connectivity index (χ0n) is 11.6. The van der Waals surface area contributed by atoms with Gasteiger partial charge in [-0.3, -0.25) is 9.36 Å². The molecule has 0 aliphatic heterocycles. The summed E-state index contributed by atoms with van der Waals surface area (Å²) in [6.07, 6.45) is 0.453. The van der Waals surface area contributed by atoms with Gasteiger partial charge in [-0.15, -0.1) is 0 Å². The van der Waals surface area contributed by atoms with Gasteiger partial charge in [0.25, 0.3) is 0 Å². The van der Waals surface area contributed by atoms with Crippen LogP contribution in [0.25, 0.3) is 0 Å². The highest BCUT2D eigenvalue weighted by molar-refractivity contribution is 7.52. The topological polar surface area (TPSA) is 113 Å². The van der Waals surface area contributed by atoms with Crippen LogP contribution in [0.4, 0.5) is 0 Å². The predicted octanol–water partition coefficient (Wildman–Crippen LogP) is 1.35. The monoisotopic (exact) mass is 300 g/mol. The van der Waals surface area contributed by atoms with E-state index in [1.165, 1.54) is 0 Å². The molecule has 6 nitrogen and oxygen atoms in total. The molecule has 1 aromatic rings. The van der Waals surface area contributed by atoms with Crippen molar-refractivity contribution in [2.24, 2.45) is 11.7 Å². The molecule has 0 saturated carbocycles. The smallest absolute Gasteiger partial charge is 0.337 e. The minimum Gasteiger partial charge on any atom is -0.337 e. The summed E-state index contributed by atoms with van der Waals surface area (Å²) in [7, 11) is -4.51. The molecule has 20 heavy (non-hydrogen) atoms. The number of amides is 1. The summed E-state index contributed by atoms with van der Waals surface area (Å²) in [4.78, 5) is 30.7. The van der Waals surface area contributed by atoms with Gasteiger partial charge in [-0.1, -0.05) is 44.2 Å². The van der Waals surface area contributed by atoms with E-state index >= 15 is 0 Å². The van der Waals surface area contributed by atoms with Gasteiger partial charge in [-0.2, -0.15) is 0 Å². The lowest BCUT2D eigenvalue weighted by molar-refractivity contribution is -0.123. The Morgan fingerprint density at radius 2 is 1.85 bits per heavy atom. The molecule has 1 unspecified atom stereocenters. The molecule has 1 amide bonds. The Hall–Kier alpha value is -1.20. The summed E-state index contributed by atoms with van der Waals surface area (Å²) in [5.74, 6) is -1.70. The average molecular weight is 300 g/mol. The summed E-state index contributed by atoms with van der Waals surface area (Å²) in [6, 6.07) is 7.35. The van der Waals surface area contributed by atoms with Crippen LogP contribution in [0.1, 0.15) is 31.6 Å². The Morgan fingerprint density at radius 1 is 1.30 bits per heavy atom. The van der Waals surface area contributed by atoms with Gasteiger partial charge in [-0.25, -0.2) is 0 Å². The van der Waals surface area contributed by atoms with E-state index in [0.717, 1.165) is 0 Å². The van der Waals surface area contributed by atoms with Crippen LogP contribution in [-0.4, -0.2) is 21.7 Å². The average Bonchev–Trinajstić information content (AvgIpc) is 2.34. The van der Waals surface area contributed by atoms with Crippen LogP contribution >= 0.6 is 7.60 Å². The summed E-state index contributed by atoms with van der Waals surface area (Å²) in [5, 5.41) is 2.35. The Kier molecular flexibility index (Phi) is 5.89.